The van der Waals surface area contributed by atoms with Crippen LogP contribution in [0.1, 0.15) is 12.0 Å². The number of nitro groups is 1. The molecule has 1 saturated heterocycles. The summed E-state index contributed by atoms with van der Waals surface area (Å²) in [6, 6.07) is 10.7. The zero-order chi connectivity index (χ0) is 23.3. The zero-order valence-electron chi connectivity index (χ0n) is 17.9. The maximum atomic E-state index is 12.9. The molecular weight excluding hydrogens is 438 g/mol. The van der Waals surface area contributed by atoms with E-state index in [-0.39, 0.29) is 43.4 Å². The van der Waals surface area contributed by atoms with E-state index in [1.165, 1.54) is 28.6 Å². The number of benzene rings is 2. The zero-order valence-corrected chi connectivity index (χ0v) is 18.7. The molecule has 0 atom stereocenters. The van der Waals surface area contributed by atoms with Gasteiger partial charge in [-0.05, 0) is 36.2 Å². The molecule has 1 aliphatic heterocycles. The van der Waals surface area contributed by atoms with E-state index in [0.717, 1.165) is 5.56 Å². The molecule has 32 heavy (non-hydrogen) atoms. The Hall–Kier alpha value is -3.18. The van der Waals surface area contributed by atoms with Gasteiger partial charge in [0.25, 0.3) is 5.69 Å². The highest BCUT2D eigenvalue weighted by Crippen LogP contribution is 2.28. The van der Waals surface area contributed by atoms with Gasteiger partial charge in [0.2, 0.25) is 15.9 Å². The van der Waals surface area contributed by atoms with Crippen molar-refractivity contribution in [2.45, 2.75) is 17.7 Å². The molecule has 1 fully saturated rings. The van der Waals surface area contributed by atoms with Gasteiger partial charge >= 0.3 is 0 Å². The van der Waals surface area contributed by atoms with Crippen molar-refractivity contribution in [1.82, 2.24) is 9.21 Å². The van der Waals surface area contributed by atoms with Crippen molar-refractivity contribution in [3.05, 3.63) is 58.1 Å². The van der Waals surface area contributed by atoms with E-state index in [1.54, 1.807) is 31.3 Å². The highest BCUT2D eigenvalue weighted by Gasteiger charge is 2.34. The minimum Gasteiger partial charge on any atom is -0.497 e. The lowest BCUT2D eigenvalue weighted by molar-refractivity contribution is -0.387. The van der Waals surface area contributed by atoms with Crippen molar-refractivity contribution in [2.75, 3.05) is 40.4 Å². The summed E-state index contributed by atoms with van der Waals surface area (Å²) in [7, 11) is -0.912. The van der Waals surface area contributed by atoms with Gasteiger partial charge in [-0.25, -0.2) is 8.42 Å². The van der Waals surface area contributed by atoms with Crippen LogP contribution in [0.5, 0.6) is 11.5 Å². The van der Waals surface area contributed by atoms with E-state index in [2.05, 4.69) is 0 Å². The van der Waals surface area contributed by atoms with Gasteiger partial charge in [-0.3, -0.25) is 14.9 Å². The first-order valence-electron chi connectivity index (χ1n) is 10.00. The molecule has 11 heteroatoms. The van der Waals surface area contributed by atoms with E-state index in [0.29, 0.717) is 17.9 Å². The SMILES string of the molecule is COc1ccc(OC)c(CCC(=O)N2CCN(S(=O)(=O)c3ccccc3[N+](=O)[O-])CC2)c1. The number of nitro benzene ring substituents is 1. The third-order valence-corrected chi connectivity index (χ3v) is 7.31. The minimum absolute atomic E-state index is 0.0720. The third kappa shape index (κ3) is 5.00. The van der Waals surface area contributed by atoms with Crippen LogP contribution in [0.2, 0.25) is 0 Å². The van der Waals surface area contributed by atoms with Crippen molar-refractivity contribution in [3.8, 4) is 11.5 Å². The molecule has 172 valence electrons. The molecule has 1 amide bonds. The fourth-order valence-electron chi connectivity index (χ4n) is 3.62. The van der Waals surface area contributed by atoms with Crippen LogP contribution in [-0.4, -0.2) is 68.9 Å². The molecular formula is C21H25N3O7S. The minimum atomic E-state index is -4.04. The Kier molecular flexibility index (Phi) is 7.31. The summed E-state index contributed by atoms with van der Waals surface area (Å²) < 4.78 is 37.6. The monoisotopic (exact) mass is 463 g/mol. The highest BCUT2D eigenvalue weighted by molar-refractivity contribution is 7.89. The fourth-order valence-corrected chi connectivity index (χ4v) is 5.20. The lowest BCUT2D eigenvalue weighted by atomic mass is 10.1. The first-order valence-corrected chi connectivity index (χ1v) is 11.4. The van der Waals surface area contributed by atoms with Crippen LogP contribution in [0, 0.1) is 10.1 Å². The third-order valence-electron chi connectivity index (χ3n) is 5.37. The smallest absolute Gasteiger partial charge is 0.289 e. The van der Waals surface area contributed by atoms with Gasteiger partial charge in [-0.1, -0.05) is 12.1 Å². The van der Waals surface area contributed by atoms with E-state index in [9.17, 15) is 23.3 Å². The van der Waals surface area contributed by atoms with Crippen LogP contribution in [0.15, 0.2) is 47.4 Å². The number of hydrogen-bond donors (Lipinski definition) is 0. The van der Waals surface area contributed by atoms with Crippen LogP contribution in [0.3, 0.4) is 0 Å². The average molecular weight is 464 g/mol. The summed E-state index contributed by atoms with van der Waals surface area (Å²) in [6.07, 6.45) is 0.689. The summed E-state index contributed by atoms with van der Waals surface area (Å²) >= 11 is 0. The Morgan fingerprint density at radius 1 is 1.06 bits per heavy atom. The number of ether oxygens (including phenoxy) is 2. The second-order valence-electron chi connectivity index (χ2n) is 7.19. The maximum absolute atomic E-state index is 12.9. The van der Waals surface area contributed by atoms with E-state index in [1.807, 2.05) is 6.07 Å². The second kappa shape index (κ2) is 9.96. The van der Waals surface area contributed by atoms with Gasteiger partial charge in [0, 0.05) is 38.7 Å². The molecule has 0 aromatic heterocycles. The number of amides is 1. The van der Waals surface area contributed by atoms with Crippen molar-refractivity contribution in [1.29, 1.82) is 0 Å². The number of hydrogen-bond acceptors (Lipinski definition) is 7. The second-order valence-corrected chi connectivity index (χ2v) is 9.09. The summed E-state index contributed by atoms with van der Waals surface area (Å²) in [5, 5.41) is 11.2. The lowest BCUT2D eigenvalue weighted by Gasteiger charge is -2.34. The normalized spacial score (nSPS) is 14.8. The Morgan fingerprint density at radius 3 is 2.38 bits per heavy atom. The van der Waals surface area contributed by atoms with Crippen molar-refractivity contribution in [2.24, 2.45) is 0 Å². The fraction of sp³-hybridized carbons (Fsp3) is 0.381. The number of sulfonamides is 1. The summed E-state index contributed by atoms with van der Waals surface area (Å²) in [4.78, 5) is 24.5. The number of methoxy groups -OCH3 is 2. The number of rotatable bonds is 8. The average Bonchev–Trinajstić information content (AvgIpc) is 2.82. The van der Waals surface area contributed by atoms with Crippen LogP contribution in [0.4, 0.5) is 5.69 Å². The van der Waals surface area contributed by atoms with Gasteiger partial charge in [0.15, 0.2) is 4.90 Å². The summed E-state index contributed by atoms with van der Waals surface area (Å²) in [5.74, 6) is 1.23. The van der Waals surface area contributed by atoms with Crippen molar-refractivity contribution in [3.63, 3.8) is 0 Å². The Morgan fingerprint density at radius 2 is 1.75 bits per heavy atom. The van der Waals surface area contributed by atoms with Crippen LogP contribution < -0.4 is 9.47 Å². The molecule has 0 unspecified atom stereocenters. The first kappa shape index (κ1) is 23.5. The number of carbonyl (C=O) groups excluding carboxylic acids is 1. The highest BCUT2D eigenvalue weighted by atomic mass is 32.2. The molecule has 0 saturated carbocycles. The topological polar surface area (TPSA) is 119 Å². The van der Waals surface area contributed by atoms with E-state index >= 15 is 0 Å². The van der Waals surface area contributed by atoms with Gasteiger partial charge in [0.1, 0.15) is 11.5 Å². The molecule has 0 N–H and O–H groups in total. The number of carbonyl (C=O) groups is 1. The largest absolute Gasteiger partial charge is 0.497 e. The molecule has 0 radical (unpaired) electrons. The molecule has 1 aliphatic rings. The summed E-state index contributed by atoms with van der Waals surface area (Å²) in [5.41, 5.74) is 0.385. The van der Waals surface area contributed by atoms with Crippen molar-refractivity contribution >= 4 is 21.6 Å². The number of aryl methyl sites for hydroxylation is 1. The van der Waals surface area contributed by atoms with Gasteiger partial charge in [-0.2, -0.15) is 4.31 Å². The van der Waals surface area contributed by atoms with E-state index in [4.69, 9.17) is 9.47 Å². The molecule has 0 aliphatic carbocycles. The van der Waals surface area contributed by atoms with Gasteiger partial charge in [0.05, 0.1) is 19.1 Å². The predicted molar refractivity (Wildman–Crippen MR) is 116 cm³/mol. The Bertz CT molecular complexity index is 1100. The number of para-hydroxylation sites is 1. The predicted octanol–water partition coefficient (Wildman–Crippen LogP) is 2.08. The molecule has 1 heterocycles. The lowest BCUT2D eigenvalue weighted by Crippen LogP contribution is -2.50. The molecule has 3 rings (SSSR count). The molecule has 2 aromatic carbocycles. The molecule has 10 nitrogen and oxygen atoms in total. The van der Waals surface area contributed by atoms with Crippen LogP contribution in [0.25, 0.3) is 0 Å². The first-order chi connectivity index (χ1) is 15.3. The van der Waals surface area contributed by atoms with Crippen LogP contribution in [-0.2, 0) is 21.2 Å². The maximum Gasteiger partial charge on any atom is 0.289 e. The van der Waals surface area contributed by atoms with Gasteiger partial charge < -0.3 is 14.4 Å². The van der Waals surface area contributed by atoms with Crippen molar-refractivity contribution < 1.29 is 27.6 Å². The van der Waals surface area contributed by atoms with E-state index < -0.39 is 20.6 Å². The molecule has 0 bridgehead atoms. The quantitative estimate of drug-likeness (QED) is 0.434. The number of nitrogens with zero attached hydrogens (tertiary/aromatic N) is 3. The summed E-state index contributed by atoms with van der Waals surface area (Å²) in [6.45, 7) is 0.576. The Balaban J connectivity index is 1.62. The van der Waals surface area contributed by atoms with Gasteiger partial charge in [-0.15, -0.1) is 0 Å². The number of piperazine rings is 1. The standard InChI is InChI=1S/C21H25N3O7S/c1-30-17-8-9-19(31-2)16(15-17)7-10-21(25)22-11-13-23(14-12-22)32(28,29)20-6-4-3-5-18(20)24(26)27/h3-6,8-9,15H,7,10-14H2,1-2H3. The molecule has 2 aromatic rings. The Labute approximate surface area is 186 Å². The molecule has 0 spiro atoms. The van der Waals surface area contributed by atoms with Crippen LogP contribution >= 0.6 is 0 Å².